The van der Waals surface area contributed by atoms with E-state index in [0.29, 0.717) is 5.82 Å². The van der Waals surface area contributed by atoms with Crippen molar-refractivity contribution in [1.29, 1.82) is 0 Å². The van der Waals surface area contributed by atoms with E-state index in [1.165, 1.54) is 0 Å². The zero-order valence-corrected chi connectivity index (χ0v) is 9.07. The van der Waals surface area contributed by atoms with Gasteiger partial charge >= 0.3 is 0 Å². The maximum atomic E-state index is 5.62. The Balaban J connectivity index is 3.10. The molecule has 78 valence electrons. The molecule has 0 atom stereocenters. The number of anilines is 1. The Labute approximate surface area is 90.1 Å². The van der Waals surface area contributed by atoms with Gasteiger partial charge in [0.25, 0.3) is 0 Å². The number of hydrogen-bond acceptors (Lipinski definition) is 3. The van der Waals surface area contributed by atoms with Crippen LogP contribution < -0.4 is 5.73 Å². The van der Waals surface area contributed by atoms with E-state index in [-0.39, 0.29) is 0 Å². The van der Waals surface area contributed by atoms with Crippen LogP contribution in [0, 0.1) is 0 Å². The minimum atomic E-state index is 0.518. The van der Waals surface area contributed by atoms with E-state index in [2.05, 4.69) is 16.7 Å². The van der Waals surface area contributed by atoms with E-state index < -0.39 is 0 Å². The number of nitrogens with two attached hydrogens (primary N) is 1. The van der Waals surface area contributed by atoms with Crippen LogP contribution in [-0.2, 0) is 0 Å². The lowest BCUT2D eigenvalue weighted by atomic mass is 10.1. The van der Waals surface area contributed by atoms with Crippen molar-refractivity contribution in [3.05, 3.63) is 41.7 Å². The molecule has 1 aromatic rings. The standard InChI is InChI=1S/C12H15N3/c1-4-10(7-9(2)14-3)11-5-6-15-12(13)8-11/h4-8H,3H2,1-2H3,(H2,13,15)/b9-7-,10-4+. The number of aliphatic imine (C=N–C) groups is 1. The van der Waals surface area contributed by atoms with E-state index in [4.69, 9.17) is 5.73 Å². The van der Waals surface area contributed by atoms with E-state index in [0.717, 1.165) is 16.8 Å². The highest BCUT2D eigenvalue weighted by molar-refractivity contribution is 5.75. The van der Waals surface area contributed by atoms with Crippen LogP contribution in [0.3, 0.4) is 0 Å². The van der Waals surface area contributed by atoms with Crippen LogP contribution in [0.25, 0.3) is 5.57 Å². The van der Waals surface area contributed by atoms with E-state index in [1.807, 2.05) is 38.1 Å². The average molecular weight is 201 g/mol. The molecule has 1 rings (SSSR count). The van der Waals surface area contributed by atoms with Crippen LogP contribution in [0.15, 0.2) is 41.2 Å². The molecule has 0 aliphatic rings. The van der Waals surface area contributed by atoms with Gasteiger partial charge in [0.05, 0.1) is 0 Å². The first kappa shape index (κ1) is 11.2. The van der Waals surface area contributed by atoms with Crippen LogP contribution in [-0.4, -0.2) is 11.7 Å². The fraction of sp³-hybridized carbons (Fsp3) is 0.167. The SMILES string of the molecule is C=N/C(C)=C\C(=C/C)c1ccnc(N)c1. The summed E-state index contributed by atoms with van der Waals surface area (Å²) >= 11 is 0. The summed E-state index contributed by atoms with van der Waals surface area (Å²) in [5.74, 6) is 0.518. The molecule has 0 saturated heterocycles. The summed E-state index contributed by atoms with van der Waals surface area (Å²) in [6.07, 6.45) is 5.66. The van der Waals surface area contributed by atoms with Crippen LogP contribution in [0.4, 0.5) is 5.82 Å². The molecule has 15 heavy (non-hydrogen) atoms. The highest BCUT2D eigenvalue weighted by Gasteiger charge is 1.98. The maximum absolute atomic E-state index is 5.62. The zero-order chi connectivity index (χ0) is 11.3. The van der Waals surface area contributed by atoms with Gasteiger partial charge in [-0.1, -0.05) is 6.08 Å². The molecule has 0 fully saturated rings. The Hall–Kier alpha value is -1.90. The second-order valence-corrected chi connectivity index (χ2v) is 3.16. The lowest BCUT2D eigenvalue weighted by Crippen LogP contribution is -1.91. The molecule has 0 bridgehead atoms. The monoisotopic (exact) mass is 201 g/mol. The lowest BCUT2D eigenvalue weighted by molar-refractivity contribution is 1.31. The summed E-state index contributed by atoms with van der Waals surface area (Å²) in [6.45, 7) is 7.35. The Morgan fingerprint density at radius 2 is 2.33 bits per heavy atom. The summed E-state index contributed by atoms with van der Waals surface area (Å²) < 4.78 is 0. The molecule has 0 saturated carbocycles. The molecule has 0 aliphatic carbocycles. The van der Waals surface area contributed by atoms with Gasteiger partial charge in [-0.3, -0.25) is 4.99 Å². The molecule has 0 unspecified atom stereocenters. The third-order valence-electron chi connectivity index (χ3n) is 2.04. The van der Waals surface area contributed by atoms with Crippen molar-refractivity contribution >= 4 is 18.1 Å². The molecule has 3 heteroatoms. The van der Waals surface area contributed by atoms with Gasteiger partial charge in [0.1, 0.15) is 5.82 Å². The topological polar surface area (TPSA) is 51.3 Å². The fourth-order valence-electron chi connectivity index (χ4n) is 1.23. The molecule has 2 N–H and O–H groups in total. The predicted molar refractivity (Wildman–Crippen MR) is 65.6 cm³/mol. The van der Waals surface area contributed by atoms with E-state index in [1.54, 1.807) is 6.20 Å². The molecular formula is C12H15N3. The minimum Gasteiger partial charge on any atom is -0.384 e. The van der Waals surface area contributed by atoms with Crippen LogP contribution in [0.5, 0.6) is 0 Å². The molecular weight excluding hydrogens is 186 g/mol. The van der Waals surface area contributed by atoms with Crippen molar-refractivity contribution in [2.75, 3.05) is 5.73 Å². The molecule has 0 radical (unpaired) electrons. The number of allylic oxidation sites excluding steroid dienone is 4. The third-order valence-corrected chi connectivity index (χ3v) is 2.04. The maximum Gasteiger partial charge on any atom is 0.123 e. The van der Waals surface area contributed by atoms with Gasteiger partial charge in [-0.25, -0.2) is 4.98 Å². The normalized spacial score (nSPS) is 12.7. The third kappa shape index (κ3) is 3.06. The number of hydrogen-bond donors (Lipinski definition) is 1. The largest absolute Gasteiger partial charge is 0.384 e. The number of rotatable bonds is 3. The van der Waals surface area contributed by atoms with Crippen molar-refractivity contribution in [2.45, 2.75) is 13.8 Å². The van der Waals surface area contributed by atoms with E-state index in [9.17, 15) is 0 Å². The number of nitrogen functional groups attached to an aromatic ring is 1. The van der Waals surface area contributed by atoms with Crippen molar-refractivity contribution in [3.8, 4) is 0 Å². The van der Waals surface area contributed by atoms with E-state index >= 15 is 0 Å². The van der Waals surface area contributed by atoms with Crippen molar-refractivity contribution in [2.24, 2.45) is 4.99 Å². The molecule has 0 spiro atoms. The first-order valence-corrected chi connectivity index (χ1v) is 4.70. The van der Waals surface area contributed by atoms with Gasteiger partial charge in [0, 0.05) is 11.9 Å². The number of aromatic nitrogens is 1. The molecule has 3 nitrogen and oxygen atoms in total. The lowest BCUT2D eigenvalue weighted by Gasteiger charge is -2.03. The summed E-state index contributed by atoms with van der Waals surface area (Å²) in [5.41, 5.74) is 8.59. The minimum absolute atomic E-state index is 0.518. The van der Waals surface area contributed by atoms with Crippen molar-refractivity contribution in [1.82, 2.24) is 4.98 Å². The molecule has 1 aromatic heterocycles. The van der Waals surface area contributed by atoms with Crippen LogP contribution in [0.1, 0.15) is 19.4 Å². The van der Waals surface area contributed by atoms with Gasteiger partial charge in [-0.15, -0.1) is 0 Å². The first-order valence-electron chi connectivity index (χ1n) is 4.70. The zero-order valence-electron chi connectivity index (χ0n) is 9.07. The molecule has 0 aromatic carbocycles. The smallest absolute Gasteiger partial charge is 0.123 e. The highest BCUT2D eigenvalue weighted by atomic mass is 14.8. The number of nitrogens with zero attached hydrogens (tertiary/aromatic N) is 2. The van der Waals surface area contributed by atoms with Crippen molar-refractivity contribution < 1.29 is 0 Å². The fourth-order valence-corrected chi connectivity index (χ4v) is 1.23. The van der Waals surface area contributed by atoms with Crippen LogP contribution >= 0.6 is 0 Å². The number of pyridine rings is 1. The van der Waals surface area contributed by atoms with Gasteiger partial charge in [0.15, 0.2) is 0 Å². The predicted octanol–water partition coefficient (Wildman–Crippen LogP) is 2.67. The Kier molecular flexibility index (Phi) is 3.80. The second-order valence-electron chi connectivity index (χ2n) is 3.16. The summed E-state index contributed by atoms with van der Waals surface area (Å²) in [7, 11) is 0. The average Bonchev–Trinajstić information content (AvgIpc) is 2.25. The molecule has 1 heterocycles. The Morgan fingerprint density at radius 3 is 2.87 bits per heavy atom. The molecule has 0 amide bonds. The quantitative estimate of drug-likeness (QED) is 0.603. The van der Waals surface area contributed by atoms with Gasteiger partial charge in [-0.2, -0.15) is 0 Å². The molecule has 0 aliphatic heterocycles. The van der Waals surface area contributed by atoms with Gasteiger partial charge in [-0.05, 0) is 49.9 Å². The van der Waals surface area contributed by atoms with Gasteiger partial charge < -0.3 is 5.73 Å². The summed E-state index contributed by atoms with van der Waals surface area (Å²) in [6, 6.07) is 3.75. The highest BCUT2D eigenvalue weighted by Crippen LogP contribution is 2.18. The summed E-state index contributed by atoms with van der Waals surface area (Å²) in [4.78, 5) is 7.80. The van der Waals surface area contributed by atoms with Crippen molar-refractivity contribution in [3.63, 3.8) is 0 Å². The second kappa shape index (κ2) is 5.10. The Morgan fingerprint density at radius 1 is 1.60 bits per heavy atom. The summed E-state index contributed by atoms with van der Waals surface area (Å²) in [5, 5.41) is 0. The Bertz CT molecular complexity index is 417. The van der Waals surface area contributed by atoms with Gasteiger partial charge in [0.2, 0.25) is 0 Å². The first-order chi connectivity index (χ1) is 7.17. The van der Waals surface area contributed by atoms with Crippen LogP contribution in [0.2, 0.25) is 0 Å².